The first-order chi connectivity index (χ1) is 10.2. The molecule has 0 aliphatic heterocycles. The number of aromatic nitrogens is 2. The molecule has 0 bridgehead atoms. The van der Waals surface area contributed by atoms with Crippen LogP contribution < -0.4 is 0 Å². The van der Waals surface area contributed by atoms with Crippen LogP contribution in [0.5, 0.6) is 0 Å². The summed E-state index contributed by atoms with van der Waals surface area (Å²) >= 11 is 6.19. The van der Waals surface area contributed by atoms with Gasteiger partial charge in [-0.25, -0.2) is 4.68 Å². The fourth-order valence-electron chi connectivity index (χ4n) is 3.36. The highest BCUT2D eigenvalue weighted by Crippen LogP contribution is 2.40. The minimum absolute atomic E-state index is 0.0649. The van der Waals surface area contributed by atoms with Crippen molar-refractivity contribution in [2.75, 3.05) is 0 Å². The van der Waals surface area contributed by atoms with Gasteiger partial charge in [-0.15, -0.1) is 0 Å². The summed E-state index contributed by atoms with van der Waals surface area (Å²) in [5.41, 5.74) is 5.51. The number of nitrogens with zero attached hydrogens (tertiary/aromatic N) is 2. The van der Waals surface area contributed by atoms with Crippen molar-refractivity contribution < 1.29 is 0 Å². The fraction of sp³-hybridized carbons (Fsp3) is 0.526. The highest BCUT2D eigenvalue weighted by Gasteiger charge is 2.34. The second-order valence-electron chi connectivity index (χ2n) is 8.26. The Morgan fingerprint density at radius 1 is 1.23 bits per heavy atom. The van der Waals surface area contributed by atoms with E-state index in [4.69, 9.17) is 16.7 Å². The third-order valence-corrected chi connectivity index (χ3v) is 4.79. The van der Waals surface area contributed by atoms with Crippen molar-refractivity contribution in [3.63, 3.8) is 0 Å². The number of fused-ring (bicyclic) bond motifs is 1. The van der Waals surface area contributed by atoms with Crippen LogP contribution in [0.25, 0.3) is 5.69 Å². The maximum Gasteiger partial charge on any atom is 0.0717 e. The summed E-state index contributed by atoms with van der Waals surface area (Å²) in [6.45, 7) is 11.4. The summed E-state index contributed by atoms with van der Waals surface area (Å²) in [5, 5.41) is 5.76. The second-order valence-corrected chi connectivity index (χ2v) is 8.69. The van der Waals surface area contributed by atoms with E-state index in [-0.39, 0.29) is 5.41 Å². The summed E-state index contributed by atoms with van der Waals surface area (Å²) in [4.78, 5) is 0. The molecule has 1 aliphatic rings. The molecule has 2 nitrogen and oxygen atoms in total. The van der Waals surface area contributed by atoms with Crippen molar-refractivity contribution in [2.45, 2.75) is 59.3 Å². The second kappa shape index (κ2) is 5.13. The lowest BCUT2D eigenvalue weighted by atomic mass is 9.74. The summed E-state index contributed by atoms with van der Waals surface area (Å²) < 4.78 is 2.13. The van der Waals surface area contributed by atoms with Crippen LogP contribution in [-0.4, -0.2) is 9.78 Å². The third kappa shape index (κ3) is 2.81. The minimum atomic E-state index is 0.0649. The van der Waals surface area contributed by atoms with Gasteiger partial charge in [-0.2, -0.15) is 5.10 Å². The van der Waals surface area contributed by atoms with Gasteiger partial charge in [-0.3, -0.25) is 0 Å². The predicted octanol–water partition coefficient (Wildman–Crippen LogP) is 5.34. The highest BCUT2D eigenvalue weighted by molar-refractivity contribution is 6.30. The summed E-state index contributed by atoms with van der Waals surface area (Å²) in [5.74, 6) is 0. The van der Waals surface area contributed by atoms with E-state index >= 15 is 0 Å². The van der Waals surface area contributed by atoms with Gasteiger partial charge in [0.25, 0.3) is 0 Å². The molecule has 0 unspecified atom stereocenters. The first-order valence-corrected chi connectivity index (χ1v) is 8.42. The van der Waals surface area contributed by atoms with Crippen molar-refractivity contribution in [3.8, 4) is 5.69 Å². The quantitative estimate of drug-likeness (QED) is 0.694. The van der Waals surface area contributed by atoms with Crippen LogP contribution in [0.3, 0.4) is 0 Å². The van der Waals surface area contributed by atoms with Crippen molar-refractivity contribution >= 4 is 11.6 Å². The molecule has 0 atom stereocenters. The first-order valence-electron chi connectivity index (χ1n) is 8.05. The number of hydrogen-bond acceptors (Lipinski definition) is 1. The highest BCUT2D eigenvalue weighted by atomic mass is 35.5. The minimum Gasteiger partial charge on any atom is -0.237 e. The van der Waals surface area contributed by atoms with Crippen LogP contribution in [0.2, 0.25) is 5.02 Å². The SMILES string of the molecule is CC1(C)CCc2c(C(C)(C)C)nn(-c3cccc(Cl)c3)c2C1. The average Bonchev–Trinajstić information content (AvgIpc) is 2.75. The van der Waals surface area contributed by atoms with Gasteiger partial charge in [-0.1, -0.05) is 52.3 Å². The number of hydrogen-bond donors (Lipinski definition) is 0. The van der Waals surface area contributed by atoms with Gasteiger partial charge in [-0.05, 0) is 48.4 Å². The van der Waals surface area contributed by atoms with E-state index in [9.17, 15) is 0 Å². The van der Waals surface area contributed by atoms with Crippen LogP contribution in [0.15, 0.2) is 24.3 Å². The Morgan fingerprint density at radius 3 is 2.59 bits per heavy atom. The van der Waals surface area contributed by atoms with Crippen molar-refractivity contribution in [2.24, 2.45) is 5.41 Å². The smallest absolute Gasteiger partial charge is 0.0717 e. The van der Waals surface area contributed by atoms with Gasteiger partial charge >= 0.3 is 0 Å². The lowest BCUT2D eigenvalue weighted by Gasteiger charge is -2.31. The standard InChI is InChI=1S/C19H25ClN2/c1-18(2,3)17-15-9-10-19(4,5)12-16(15)22(21-17)14-8-6-7-13(20)11-14/h6-8,11H,9-10,12H2,1-5H3. The van der Waals surface area contributed by atoms with Crippen molar-refractivity contribution in [1.29, 1.82) is 0 Å². The van der Waals surface area contributed by atoms with E-state index in [1.54, 1.807) is 0 Å². The van der Waals surface area contributed by atoms with E-state index in [2.05, 4.69) is 45.4 Å². The van der Waals surface area contributed by atoms with E-state index in [1.807, 2.05) is 18.2 Å². The molecular formula is C19H25ClN2. The number of rotatable bonds is 1. The van der Waals surface area contributed by atoms with Gasteiger partial charge < -0.3 is 0 Å². The molecule has 0 amide bonds. The van der Waals surface area contributed by atoms with E-state index in [0.29, 0.717) is 5.41 Å². The number of halogens is 1. The Kier molecular flexibility index (Phi) is 3.64. The molecule has 3 heteroatoms. The maximum absolute atomic E-state index is 6.19. The molecule has 0 N–H and O–H groups in total. The number of benzene rings is 1. The molecule has 0 saturated carbocycles. The predicted molar refractivity (Wildman–Crippen MR) is 93.1 cm³/mol. The molecular weight excluding hydrogens is 292 g/mol. The zero-order chi connectivity index (χ0) is 16.1. The molecule has 1 aromatic carbocycles. The Bertz CT molecular complexity index is 705. The Morgan fingerprint density at radius 2 is 1.95 bits per heavy atom. The van der Waals surface area contributed by atoms with Crippen LogP contribution in [0.4, 0.5) is 0 Å². The summed E-state index contributed by atoms with van der Waals surface area (Å²) in [6.07, 6.45) is 3.41. The first kappa shape index (κ1) is 15.6. The lowest BCUT2D eigenvalue weighted by molar-refractivity contribution is 0.308. The topological polar surface area (TPSA) is 17.8 Å². The van der Waals surface area contributed by atoms with Gasteiger partial charge in [0.2, 0.25) is 0 Å². The monoisotopic (exact) mass is 316 g/mol. The molecule has 1 heterocycles. The van der Waals surface area contributed by atoms with Gasteiger partial charge in [0.15, 0.2) is 0 Å². The van der Waals surface area contributed by atoms with Gasteiger partial charge in [0.05, 0.1) is 11.4 Å². The Balaban J connectivity index is 2.21. The normalized spacial score (nSPS) is 17.4. The average molecular weight is 317 g/mol. The molecule has 0 fully saturated rings. The Labute approximate surface area is 138 Å². The van der Waals surface area contributed by atoms with Crippen LogP contribution >= 0.6 is 11.6 Å². The molecule has 118 valence electrons. The van der Waals surface area contributed by atoms with Crippen LogP contribution in [0.1, 0.15) is 58.0 Å². The van der Waals surface area contributed by atoms with Gasteiger partial charge in [0.1, 0.15) is 0 Å². The molecule has 0 spiro atoms. The van der Waals surface area contributed by atoms with E-state index in [1.165, 1.54) is 23.4 Å². The molecule has 0 radical (unpaired) electrons. The molecule has 22 heavy (non-hydrogen) atoms. The molecule has 1 aliphatic carbocycles. The lowest BCUT2D eigenvalue weighted by Crippen LogP contribution is -2.24. The molecule has 3 rings (SSSR count). The molecule has 1 aromatic heterocycles. The van der Waals surface area contributed by atoms with E-state index < -0.39 is 0 Å². The zero-order valence-corrected chi connectivity index (χ0v) is 15.0. The van der Waals surface area contributed by atoms with Crippen molar-refractivity contribution in [3.05, 3.63) is 46.2 Å². The third-order valence-electron chi connectivity index (χ3n) is 4.55. The van der Waals surface area contributed by atoms with Gasteiger partial charge in [0, 0.05) is 16.1 Å². The zero-order valence-electron chi connectivity index (χ0n) is 14.2. The van der Waals surface area contributed by atoms with Crippen LogP contribution in [-0.2, 0) is 18.3 Å². The molecule has 2 aromatic rings. The maximum atomic E-state index is 6.19. The van der Waals surface area contributed by atoms with E-state index in [0.717, 1.165) is 23.6 Å². The largest absolute Gasteiger partial charge is 0.237 e. The van der Waals surface area contributed by atoms with Crippen molar-refractivity contribution in [1.82, 2.24) is 9.78 Å². The fourth-order valence-corrected chi connectivity index (χ4v) is 3.54. The van der Waals surface area contributed by atoms with Crippen LogP contribution in [0, 0.1) is 5.41 Å². The summed E-state index contributed by atoms with van der Waals surface area (Å²) in [6, 6.07) is 8.00. The molecule has 0 saturated heterocycles. The Hall–Kier alpha value is -1.28. The summed E-state index contributed by atoms with van der Waals surface area (Å²) in [7, 11) is 0.